The van der Waals surface area contributed by atoms with Gasteiger partial charge >= 0.3 is 0 Å². The first-order chi connectivity index (χ1) is 6.26. The van der Waals surface area contributed by atoms with E-state index >= 15 is 0 Å². The molecular formula is C9H18O4. The third kappa shape index (κ3) is 5.74. The van der Waals surface area contributed by atoms with Crippen molar-refractivity contribution in [3.63, 3.8) is 0 Å². The van der Waals surface area contributed by atoms with E-state index in [1.165, 1.54) is 0 Å². The topological polar surface area (TPSA) is 66.8 Å². The normalized spacial score (nSPS) is 15.3. The number of unbranched alkanes of at least 4 members (excludes halogenated alkanes) is 1. The van der Waals surface area contributed by atoms with Gasteiger partial charge in [0.15, 0.2) is 0 Å². The SMILES string of the molecule is CCCCO[C@@H](CC=O)[C@H](O)CO. The van der Waals surface area contributed by atoms with Crippen LogP contribution in [0.25, 0.3) is 0 Å². The Balaban J connectivity index is 3.72. The summed E-state index contributed by atoms with van der Waals surface area (Å²) in [5, 5.41) is 17.9. The fraction of sp³-hybridized carbons (Fsp3) is 0.889. The lowest BCUT2D eigenvalue weighted by Crippen LogP contribution is -2.32. The minimum Gasteiger partial charge on any atom is -0.394 e. The van der Waals surface area contributed by atoms with Crippen molar-refractivity contribution in [1.82, 2.24) is 0 Å². The second kappa shape index (κ2) is 8.16. The zero-order chi connectivity index (χ0) is 10.1. The Kier molecular flexibility index (Phi) is 7.88. The molecule has 0 aromatic rings. The summed E-state index contributed by atoms with van der Waals surface area (Å²) in [7, 11) is 0. The Morgan fingerprint density at radius 1 is 1.54 bits per heavy atom. The number of carbonyl (C=O) groups excluding carboxylic acids is 1. The quantitative estimate of drug-likeness (QED) is 0.421. The monoisotopic (exact) mass is 190 g/mol. The van der Waals surface area contributed by atoms with Crippen molar-refractivity contribution in [2.75, 3.05) is 13.2 Å². The molecule has 0 aliphatic heterocycles. The molecule has 0 saturated carbocycles. The smallest absolute Gasteiger partial charge is 0.122 e. The second-order valence-electron chi connectivity index (χ2n) is 2.92. The highest BCUT2D eigenvalue weighted by molar-refractivity contribution is 5.50. The number of rotatable bonds is 8. The van der Waals surface area contributed by atoms with Crippen LogP contribution in [0.3, 0.4) is 0 Å². The molecule has 0 aliphatic rings. The number of hydrogen-bond acceptors (Lipinski definition) is 4. The molecule has 0 radical (unpaired) electrons. The number of hydrogen-bond donors (Lipinski definition) is 2. The molecule has 0 rings (SSSR count). The molecule has 0 aromatic carbocycles. The van der Waals surface area contributed by atoms with Crippen molar-refractivity contribution in [1.29, 1.82) is 0 Å². The predicted molar refractivity (Wildman–Crippen MR) is 48.4 cm³/mol. The van der Waals surface area contributed by atoms with Gasteiger partial charge in [-0.2, -0.15) is 0 Å². The Morgan fingerprint density at radius 2 is 2.23 bits per heavy atom. The first-order valence-corrected chi connectivity index (χ1v) is 4.60. The summed E-state index contributed by atoms with van der Waals surface area (Å²) in [6.07, 6.45) is 1.20. The van der Waals surface area contributed by atoms with Gasteiger partial charge < -0.3 is 19.7 Å². The zero-order valence-electron chi connectivity index (χ0n) is 7.98. The van der Waals surface area contributed by atoms with Crippen LogP contribution in [0, 0.1) is 0 Å². The van der Waals surface area contributed by atoms with Gasteiger partial charge in [0, 0.05) is 13.0 Å². The molecule has 0 aromatic heterocycles. The third-order valence-electron chi connectivity index (χ3n) is 1.77. The van der Waals surface area contributed by atoms with Gasteiger partial charge in [0.25, 0.3) is 0 Å². The van der Waals surface area contributed by atoms with E-state index in [-0.39, 0.29) is 13.0 Å². The Hall–Kier alpha value is -0.450. The molecule has 78 valence electrons. The van der Waals surface area contributed by atoms with Crippen LogP contribution in [0.15, 0.2) is 0 Å². The largest absolute Gasteiger partial charge is 0.394 e. The summed E-state index contributed by atoms with van der Waals surface area (Å²) in [5.41, 5.74) is 0. The summed E-state index contributed by atoms with van der Waals surface area (Å²) in [5.74, 6) is 0. The number of aliphatic hydroxyl groups excluding tert-OH is 2. The van der Waals surface area contributed by atoms with E-state index in [4.69, 9.17) is 9.84 Å². The third-order valence-corrected chi connectivity index (χ3v) is 1.77. The van der Waals surface area contributed by atoms with E-state index in [2.05, 4.69) is 0 Å². The van der Waals surface area contributed by atoms with Crippen molar-refractivity contribution in [2.45, 2.75) is 38.4 Å². The minimum absolute atomic E-state index is 0.130. The van der Waals surface area contributed by atoms with Gasteiger partial charge in [-0.05, 0) is 6.42 Å². The molecule has 4 heteroatoms. The molecule has 0 unspecified atom stereocenters. The van der Waals surface area contributed by atoms with Gasteiger partial charge in [0.05, 0.1) is 12.7 Å². The molecule has 13 heavy (non-hydrogen) atoms. The maximum absolute atomic E-state index is 10.2. The molecule has 0 fully saturated rings. The lowest BCUT2D eigenvalue weighted by molar-refractivity contribution is -0.115. The van der Waals surface area contributed by atoms with E-state index in [9.17, 15) is 9.90 Å². The number of ether oxygens (including phenoxy) is 1. The molecule has 0 aliphatic carbocycles. The average Bonchev–Trinajstić information content (AvgIpc) is 2.16. The molecule has 0 heterocycles. The lowest BCUT2D eigenvalue weighted by atomic mass is 10.1. The van der Waals surface area contributed by atoms with Gasteiger partial charge in [-0.25, -0.2) is 0 Å². The maximum Gasteiger partial charge on any atom is 0.122 e. The number of carbonyl (C=O) groups is 1. The van der Waals surface area contributed by atoms with E-state index in [1.807, 2.05) is 6.92 Å². The van der Waals surface area contributed by atoms with E-state index in [0.717, 1.165) is 12.8 Å². The Labute approximate surface area is 78.5 Å². The van der Waals surface area contributed by atoms with Crippen LogP contribution in [-0.2, 0) is 9.53 Å². The van der Waals surface area contributed by atoms with Gasteiger partial charge in [-0.15, -0.1) is 0 Å². The van der Waals surface area contributed by atoms with Crippen molar-refractivity contribution in [3.05, 3.63) is 0 Å². The number of aldehydes is 1. The molecule has 2 N–H and O–H groups in total. The number of aliphatic hydroxyl groups is 2. The lowest BCUT2D eigenvalue weighted by Gasteiger charge is -2.19. The van der Waals surface area contributed by atoms with E-state index in [1.54, 1.807) is 0 Å². The predicted octanol–water partition coefficient (Wildman–Crippen LogP) is 0.114. The van der Waals surface area contributed by atoms with E-state index in [0.29, 0.717) is 12.9 Å². The molecule has 4 nitrogen and oxygen atoms in total. The first-order valence-electron chi connectivity index (χ1n) is 4.60. The molecule has 0 saturated heterocycles. The minimum atomic E-state index is -0.956. The average molecular weight is 190 g/mol. The summed E-state index contributed by atoms with van der Waals surface area (Å²) in [6, 6.07) is 0. The van der Waals surface area contributed by atoms with Gasteiger partial charge in [-0.3, -0.25) is 0 Å². The summed E-state index contributed by atoms with van der Waals surface area (Å²) >= 11 is 0. The van der Waals surface area contributed by atoms with Gasteiger partial charge in [0.1, 0.15) is 12.4 Å². The highest BCUT2D eigenvalue weighted by atomic mass is 16.5. The summed E-state index contributed by atoms with van der Waals surface area (Å²) in [4.78, 5) is 10.2. The van der Waals surface area contributed by atoms with Crippen molar-refractivity contribution in [3.8, 4) is 0 Å². The Bertz CT molecular complexity index is 127. The summed E-state index contributed by atoms with van der Waals surface area (Å²) < 4.78 is 5.23. The van der Waals surface area contributed by atoms with Crippen LogP contribution in [0.5, 0.6) is 0 Å². The highest BCUT2D eigenvalue weighted by Crippen LogP contribution is 2.04. The zero-order valence-corrected chi connectivity index (χ0v) is 7.98. The van der Waals surface area contributed by atoms with Crippen LogP contribution in [-0.4, -0.2) is 41.9 Å². The van der Waals surface area contributed by atoms with Gasteiger partial charge in [-0.1, -0.05) is 13.3 Å². The molecular weight excluding hydrogens is 172 g/mol. The Morgan fingerprint density at radius 3 is 2.69 bits per heavy atom. The van der Waals surface area contributed by atoms with Gasteiger partial charge in [0.2, 0.25) is 0 Å². The van der Waals surface area contributed by atoms with E-state index < -0.39 is 12.2 Å². The highest BCUT2D eigenvalue weighted by Gasteiger charge is 2.17. The van der Waals surface area contributed by atoms with Crippen LogP contribution < -0.4 is 0 Å². The fourth-order valence-electron chi connectivity index (χ4n) is 0.928. The molecule has 0 spiro atoms. The standard InChI is InChI=1S/C9H18O4/c1-2-3-6-13-9(4-5-10)8(12)7-11/h5,8-9,11-12H,2-4,6-7H2,1H3/t8-,9+/m1/s1. The molecule has 0 bridgehead atoms. The summed E-state index contributed by atoms with van der Waals surface area (Å²) in [6.45, 7) is 2.18. The first kappa shape index (κ1) is 12.6. The van der Waals surface area contributed by atoms with Crippen LogP contribution in [0.2, 0.25) is 0 Å². The van der Waals surface area contributed by atoms with Crippen molar-refractivity contribution in [2.24, 2.45) is 0 Å². The van der Waals surface area contributed by atoms with Crippen LogP contribution in [0.1, 0.15) is 26.2 Å². The van der Waals surface area contributed by atoms with Crippen molar-refractivity contribution >= 4 is 6.29 Å². The molecule has 0 amide bonds. The van der Waals surface area contributed by atoms with Crippen LogP contribution in [0.4, 0.5) is 0 Å². The maximum atomic E-state index is 10.2. The second-order valence-corrected chi connectivity index (χ2v) is 2.92. The fourth-order valence-corrected chi connectivity index (χ4v) is 0.928. The van der Waals surface area contributed by atoms with Crippen molar-refractivity contribution < 1.29 is 19.7 Å². The molecule has 2 atom stereocenters. The van der Waals surface area contributed by atoms with Crippen LogP contribution >= 0.6 is 0 Å².